The molecule has 0 amide bonds. The van der Waals surface area contributed by atoms with E-state index in [0.717, 1.165) is 25.0 Å². The fraction of sp³-hybridized carbons (Fsp3) is 0.500. The van der Waals surface area contributed by atoms with Crippen molar-refractivity contribution < 1.29 is 14.3 Å². The van der Waals surface area contributed by atoms with Crippen molar-refractivity contribution in [1.82, 2.24) is 0 Å². The number of hydrogen-bond donors (Lipinski definition) is 1. The second-order valence-corrected chi connectivity index (χ2v) is 4.18. The normalized spacial score (nSPS) is 18.9. The highest BCUT2D eigenvalue weighted by atomic mass is 35.5. The van der Waals surface area contributed by atoms with E-state index in [2.05, 4.69) is 0 Å². The van der Waals surface area contributed by atoms with Crippen LogP contribution in [0.25, 0.3) is 0 Å². The van der Waals surface area contributed by atoms with Gasteiger partial charge in [0.15, 0.2) is 5.22 Å². The lowest BCUT2D eigenvalue weighted by atomic mass is 9.65. The van der Waals surface area contributed by atoms with Gasteiger partial charge < -0.3 is 9.52 Å². The summed E-state index contributed by atoms with van der Waals surface area (Å²) in [7, 11) is 0. The van der Waals surface area contributed by atoms with Crippen molar-refractivity contribution in [3.8, 4) is 0 Å². The highest BCUT2D eigenvalue weighted by Gasteiger charge is 2.43. The minimum Gasteiger partial charge on any atom is -0.481 e. The lowest BCUT2D eigenvalue weighted by molar-refractivity contribution is -0.139. The number of carboxylic acids is 1. The zero-order valence-corrected chi connectivity index (χ0v) is 8.38. The molecule has 0 bridgehead atoms. The number of rotatable bonds is 3. The molecule has 0 aromatic carbocycles. The third kappa shape index (κ3) is 1.52. The van der Waals surface area contributed by atoms with Crippen molar-refractivity contribution >= 4 is 17.6 Å². The molecule has 0 spiro atoms. The van der Waals surface area contributed by atoms with Crippen LogP contribution in [0.1, 0.15) is 31.4 Å². The van der Waals surface area contributed by atoms with Gasteiger partial charge in [-0.25, -0.2) is 0 Å². The summed E-state index contributed by atoms with van der Waals surface area (Å²) in [6.07, 6.45) is 2.95. The van der Waals surface area contributed by atoms with Crippen molar-refractivity contribution in [1.29, 1.82) is 0 Å². The van der Waals surface area contributed by atoms with Crippen LogP contribution >= 0.6 is 11.6 Å². The average molecular weight is 215 g/mol. The predicted molar refractivity (Wildman–Crippen MR) is 51.5 cm³/mol. The van der Waals surface area contributed by atoms with E-state index < -0.39 is 5.97 Å². The van der Waals surface area contributed by atoms with Crippen LogP contribution in [0.3, 0.4) is 0 Å². The van der Waals surface area contributed by atoms with Gasteiger partial charge in [-0.1, -0.05) is 6.42 Å². The van der Waals surface area contributed by atoms with Gasteiger partial charge in [-0.3, -0.25) is 4.79 Å². The lowest BCUT2D eigenvalue weighted by Gasteiger charge is -2.38. The molecule has 1 aliphatic rings. The summed E-state index contributed by atoms with van der Waals surface area (Å²) in [6.45, 7) is 0. The van der Waals surface area contributed by atoms with Crippen LogP contribution < -0.4 is 0 Å². The Balaban J connectivity index is 2.24. The molecule has 1 saturated carbocycles. The standard InChI is InChI=1S/C10H11ClO3/c11-8-3-2-7(14-8)10(4-1-5-10)6-9(12)13/h2-3H,1,4-6H2,(H,12,13). The zero-order valence-electron chi connectivity index (χ0n) is 7.62. The van der Waals surface area contributed by atoms with Crippen LogP contribution in [0.2, 0.25) is 5.22 Å². The van der Waals surface area contributed by atoms with Crippen molar-refractivity contribution in [2.45, 2.75) is 31.1 Å². The molecule has 4 heteroatoms. The Labute approximate surface area is 86.7 Å². The average Bonchev–Trinajstić information content (AvgIpc) is 2.44. The predicted octanol–water partition coefficient (Wildman–Crippen LogP) is 2.83. The molecule has 0 unspecified atom stereocenters. The van der Waals surface area contributed by atoms with Gasteiger partial charge in [0.25, 0.3) is 0 Å². The highest BCUT2D eigenvalue weighted by molar-refractivity contribution is 6.28. The van der Waals surface area contributed by atoms with Gasteiger partial charge in [0.05, 0.1) is 6.42 Å². The molecular weight excluding hydrogens is 204 g/mol. The van der Waals surface area contributed by atoms with E-state index in [4.69, 9.17) is 21.1 Å². The first-order valence-corrected chi connectivity index (χ1v) is 4.98. The van der Waals surface area contributed by atoms with Crippen LogP contribution in [-0.2, 0) is 10.2 Å². The number of hydrogen-bond acceptors (Lipinski definition) is 2. The molecule has 1 aromatic rings. The van der Waals surface area contributed by atoms with Crippen molar-refractivity contribution in [3.63, 3.8) is 0 Å². The molecule has 0 radical (unpaired) electrons. The lowest BCUT2D eigenvalue weighted by Crippen LogP contribution is -2.36. The van der Waals surface area contributed by atoms with Crippen LogP contribution in [0.5, 0.6) is 0 Å². The Morgan fingerprint density at radius 1 is 1.57 bits per heavy atom. The first-order chi connectivity index (χ1) is 6.62. The van der Waals surface area contributed by atoms with Crippen LogP contribution in [0.15, 0.2) is 16.5 Å². The zero-order chi connectivity index (χ0) is 10.2. The van der Waals surface area contributed by atoms with E-state index in [9.17, 15) is 4.79 Å². The smallest absolute Gasteiger partial charge is 0.304 e. The molecule has 14 heavy (non-hydrogen) atoms. The monoisotopic (exact) mass is 214 g/mol. The second-order valence-electron chi connectivity index (χ2n) is 3.81. The van der Waals surface area contributed by atoms with Gasteiger partial charge >= 0.3 is 5.97 Å². The SMILES string of the molecule is O=C(O)CC1(c2ccc(Cl)o2)CCC1. The Morgan fingerprint density at radius 3 is 2.64 bits per heavy atom. The van der Waals surface area contributed by atoms with Gasteiger partial charge in [0.2, 0.25) is 0 Å². The number of carboxylic acid groups (broad SMARTS) is 1. The summed E-state index contributed by atoms with van der Waals surface area (Å²) >= 11 is 5.67. The molecular formula is C10H11ClO3. The van der Waals surface area contributed by atoms with E-state index >= 15 is 0 Å². The number of aliphatic carboxylic acids is 1. The molecule has 0 saturated heterocycles. The quantitative estimate of drug-likeness (QED) is 0.842. The van der Waals surface area contributed by atoms with Gasteiger partial charge in [0.1, 0.15) is 5.76 Å². The molecule has 1 aromatic heterocycles. The largest absolute Gasteiger partial charge is 0.481 e. The van der Waals surface area contributed by atoms with E-state index in [1.807, 2.05) is 0 Å². The first kappa shape index (κ1) is 9.59. The molecule has 0 atom stereocenters. The summed E-state index contributed by atoms with van der Waals surface area (Å²) in [5, 5.41) is 9.14. The van der Waals surface area contributed by atoms with Crippen molar-refractivity contribution in [2.75, 3.05) is 0 Å². The highest BCUT2D eigenvalue weighted by Crippen LogP contribution is 2.47. The van der Waals surface area contributed by atoms with Gasteiger partial charge in [-0.2, -0.15) is 0 Å². The Hall–Kier alpha value is -0.960. The number of furan rings is 1. The van der Waals surface area contributed by atoms with E-state index in [1.54, 1.807) is 12.1 Å². The molecule has 2 rings (SSSR count). The molecule has 1 fully saturated rings. The maximum absolute atomic E-state index is 10.7. The number of halogens is 1. The van der Waals surface area contributed by atoms with E-state index in [-0.39, 0.29) is 11.8 Å². The minimum absolute atomic E-state index is 0.136. The maximum Gasteiger partial charge on any atom is 0.304 e. The van der Waals surface area contributed by atoms with Gasteiger partial charge in [-0.15, -0.1) is 0 Å². The topological polar surface area (TPSA) is 50.4 Å². The van der Waals surface area contributed by atoms with Crippen LogP contribution in [0.4, 0.5) is 0 Å². The van der Waals surface area contributed by atoms with E-state index in [0.29, 0.717) is 5.22 Å². The molecule has 1 heterocycles. The summed E-state index contributed by atoms with van der Waals surface area (Å²) in [6, 6.07) is 3.45. The maximum atomic E-state index is 10.7. The number of carbonyl (C=O) groups is 1. The van der Waals surface area contributed by atoms with Crippen LogP contribution in [0, 0.1) is 0 Å². The molecule has 3 nitrogen and oxygen atoms in total. The molecule has 76 valence electrons. The molecule has 1 aliphatic carbocycles. The summed E-state index contributed by atoms with van der Waals surface area (Å²) in [4.78, 5) is 10.7. The van der Waals surface area contributed by atoms with Crippen molar-refractivity contribution in [3.05, 3.63) is 23.1 Å². The fourth-order valence-electron chi connectivity index (χ4n) is 2.00. The Bertz CT molecular complexity index is 352. The van der Waals surface area contributed by atoms with Gasteiger partial charge in [0, 0.05) is 5.41 Å². The third-order valence-corrected chi connectivity index (χ3v) is 3.10. The summed E-state index contributed by atoms with van der Waals surface area (Å²) in [5.41, 5.74) is -0.293. The Kier molecular flexibility index (Phi) is 2.27. The second kappa shape index (κ2) is 3.31. The Morgan fingerprint density at radius 2 is 2.29 bits per heavy atom. The molecule has 0 aliphatic heterocycles. The minimum atomic E-state index is -0.780. The van der Waals surface area contributed by atoms with Crippen molar-refractivity contribution in [2.24, 2.45) is 0 Å². The fourth-order valence-corrected chi connectivity index (χ4v) is 2.15. The summed E-state index contributed by atoms with van der Waals surface area (Å²) in [5.74, 6) is -0.0617. The van der Waals surface area contributed by atoms with E-state index in [1.165, 1.54) is 0 Å². The first-order valence-electron chi connectivity index (χ1n) is 4.60. The summed E-state index contributed by atoms with van der Waals surface area (Å²) < 4.78 is 5.29. The molecule has 1 N–H and O–H groups in total. The van der Waals surface area contributed by atoms with Crippen LogP contribution in [-0.4, -0.2) is 11.1 Å². The third-order valence-electron chi connectivity index (χ3n) is 2.90. The van der Waals surface area contributed by atoms with Gasteiger partial charge in [-0.05, 0) is 36.6 Å².